The number of hydrogen-bond acceptors (Lipinski definition) is 2. The van der Waals surface area contributed by atoms with Crippen LogP contribution in [-0.2, 0) is 0 Å². The van der Waals surface area contributed by atoms with Crippen LogP contribution in [0.2, 0.25) is 0 Å². The zero-order valence-corrected chi connectivity index (χ0v) is 17.1. The van der Waals surface area contributed by atoms with Crippen LogP contribution < -0.4 is 0 Å². The molecule has 0 aromatic carbocycles. The van der Waals surface area contributed by atoms with E-state index in [1.165, 1.54) is 44.9 Å². The molecule has 4 rings (SSSR count). The van der Waals surface area contributed by atoms with Gasteiger partial charge in [-0.05, 0) is 85.7 Å². The third-order valence-corrected chi connectivity index (χ3v) is 7.97. The lowest BCUT2D eigenvalue weighted by Crippen LogP contribution is -2.35. The Balaban J connectivity index is 1.54. The summed E-state index contributed by atoms with van der Waals surface area (Å²) in [6.45, 7) is 9.05. The Morgan fingerprint density at radius 3 is 2.67 bits per heavy atom. The molecule has 0 radical (unpaired) electrons. The van der Waals surface area contributed by atoms with Gasteiger partial charge in [0.05, 0.1) is 12.2 Å². The van der Waals surface area contributed by atoms with Crippen molar-refractivity contribution in [3.8, 4) is 0 Å². The van der Waals surface area contributed by atoms with Gasteiger partial charge in [-0.15, -0.1) is 0 Å². The summed E-state index contributed by atoms with van der Waals surface area (Å²) < 4.78 is 0. The fourth-order valence-electron chi connectivity index (χ4n) is 6.33. The third kappa shape index (κ3) is 3.76. The molecule has 2 heteroatoms. The van der Waals surface area contributed by atoms with Crippen LogP contribution in [0.3, 0.4) is 0 Å². The minimum atomic E-state index is -0.595. The maximum Gasteiger partial charge on any atom is 0.0811 e. The highest BCUT2D eigenvalue weighted by atomic mass is 16.3. The van der Waals surface area contributed by atoms with Gasteiger partial charge in [0, 0.05) is 6.42 Å². The molecule has 0 aromatic rings. The number of aliphatic hydroxyl groups is 2. The van der Waals surface area contributed by atoms with Crippen LogP contribution >= 0.6 is 0 Å². The first kappa shape index (κ1) is 19.2. The summed E-state index contributed by atoms with van der Waals surface area (Å²) in [6.07, 6.45) is 16.2. The summed E-state index contributed by atoms with van der Waals surface area (Å²) in [6, 6.07) is 0. The van der Waals surface area contributed by atoms with E-state index in [0.717, 1.165) is 17.1 Å². The molecular weight excluding hydrogens is 332 g/mol. The van der Waals surface area contributed by atoms with Crippen LogP contribution in [0.25, 0.3) is 0 Å². The molecule has 0 saturated heterocycles. The molecule has 2 nitrogen and oxygen atoms in total. The lowest BCUT2D eigenvalue weighted by atomic mass is 9.61. The van der Waals surface area contributed by atoms with Gasteiger partial charge in [-0.2, -0.15) is 0 Å². The largest absolute Gasteiger partial charge is 0.393 e. The number of rotatable bonds is 3. The van der Waals surface area contributed by atoms with Gasteiger partial charge < -0.3 is 10.2 Å². The number of fused-ring (bicyclic) bond motifs is 1. The van der Waals surface area contributed by atoms with Crippen molar-refractivity contribution in [2.45, 2.75) is 83.8 Å². The molecule has 27 heavy (non-hydrogen) atoms. The quantitative estimate of drug-likeness (QED) is 0.647. The van der Waals surface area contributed by atoms with Crippen molar-refractivity contribution in [3.05, 3.63) is 47.1 Å². The number of allylic oxidation sites excluding steroid dienone is 5. The zero-order valence-electron chi connectivity index (χ0n) is 17.1. The van der Waals surface area contributed by atoms with E-state index in [0.29, 0.717) is 30.1 Å². The molecule has 4 fully saturated rings. The van der Waals surface area contributed by atoms with Gasteiger partial charge in [0.2, 0.25) is 0 Å². The van der Waals surface area contributed by atoms with Gasteiger partial charge in [0.15, 0.2) is 0 Å². The minimum Gasteiger partial charge on any atom is -0.393 e. The fourth-order valence-corrected chi connectivity index (χ4v) is 6.33. The van der Waals surface area contributed by atoms with Crippen molar-refractivity contribution >= 4 is 0 Å². The molecule has 148 valence electrons. The lowest BCUT2D eigenvalue weighted by Gasteiger charge is -2.44. The van der Waals surface area contributed by atoms with Crippen LogP contribution in [0.5, 0.6) is 0 Å². The van der Waals surface area contributed by atoms with E-state index in [2.05, 4.69) is 38.7 Å². The smallest absolute Gasteiger partial charge is 0.0811 e. The van der Waals surface area contributed by atoms with Gasteiger partial charge >= 0.3 is 0 Å². The van der Waals surface area contributed by atoms with Crippen molar-refractivity contribution in [1.82, 2.24) is 0 Å². The van der Waals surface area contributed by atoms with Gasteiger partial charge in [-0.3, -0.25) is 0 Å². The number of aliphatic hydroxyl groups excluding tert-OH is 2. The van der Waals surface area contributed by atoms with E-state index in [1.807, 2.05) is 0 Å². The molecule has 4 aliphatic carbocycles. The van der Waals surface area contributed by atoms with E-state index >= 15 is 0 Å². The SMILES string of the molecule is C=C1/C(=C\C=C2/CCC[C@]3(C)[C@@H]([C@H](C)C=C4CC4)CC[C@@H]23)C[C@@H](O)C[C@@H]1O. The average molecular weight is 369 g/mol. The first-order valence-corrected chi connectivity index (χ1v) is 11.0. The van der Waals surface area contributed by atoms with Gasteiger partial charge in [0.25, 0.3) is 0 Å². The summed E-state index contributed by atoms with van der Waals surface area (Å²) in [5.74, 6) is 2.21. The monoisotopic (exact) mass is 368 g/mol. The van der Waals surface area contributed by atoms with Gasteiger partial charge in [-0.1, -0.05) is 49.8 Å². The normalized spacial score (nSPS) is 43.1. The molecule has 0 bridgehead atoms. The Labute approximate surface area is 164 Å². The first-order chi connectivity index (χ1) is 12.9. The highest BCUT2D eigenvalue weighted by Crippen LogP contribution is 2.59. The minimum absolute atomic E-state index is 0.419. The topological polar surface area (TPSA) is 40.5 Å². The van der Waals surface area contributed by atoms with Crippen LogP contribution in [-0.4, -0.2) is 22.4 Å². The molecule has 0 amide bonds. The van der Waals surface area contributed by atoms with Crippen molar-refractivity contribution in [3.63, 3.8) is 0 Å². The summed E-state index contributed by atoms with van der Waals surface area (Å²) in [5.41, 5.74) is 5.52. The third-order valence-electron chi connectivity index (χ3n) is 7.97. The van der Waals surface area contributed by atoms with Crippen LogP contribution in [0, 0.1) is 23.2 Å². The van der Waals surface area contributed by atoms with Crippen LogP contribution in [0.4, 0.5) is 0 Å². The molecule has 0 aromatic heterocycles. The summed E-state index contributed by atoms with van der Waals surface area (Å²) >= 11 is 0. The summed E-state index contributed by atoms with van der Waals surface area (Å²) in [5, 5.41) is 20.1. The molecule has 4 aliphatic rings. The van der Waals surface area contributed by atoms with Crippen molar-refractivity contribution in [1.29, 1.82) is 0 Å². The highest BCUT2D eigenvalue weighted by Gasteiger charge is 2.50. The number of hydrogen-bond donors (Lipinski definition) is 2. The molecule has 0 heterocycles. The van der Waals surface area contributed by atoms with E-state index in [1.54, 1.807) is 11.1 Å². The molecule has 4 saturated carbocycles. The van der Waals surface area contributed by atoms with E-state index in [9.17, 15) is 10.2 Å². The van der Waals surface area contributed by atoms with Gasteiger partial charge in [-0.25, -0.2) is 0 Å². The summed E-state index contributed by atoms with van der Waals surface area (Å²) in [4.78, 5) is 0. The van der Waals surface area contributed by atoms with Crippen molar-refractivity contribution in [2.75, 3.05) is 0 Å². The molecule has 0 aliphatic heterocycles. The van der Waals surface area contributed by atoms with E-state index in [-0.39, 0.29) is 0 Å². The van der Waals surface area contributed by atoms with E-state index < -0.39 is 12.2 Å². The Bertz CT molecular complexity index is 691. The summed E-state index contributed by atoms with van der Waals surface area (Å²) in [7, 11) is 0. The second kappa shape index (κ2) is 7.37. The van der Waals surface area contributed by atoms with Crippen molar-refractivity contribution < 1.29 is 10.2 Å². The standard InChI is InChI=1S/C25H36O2/c1-16(13-18-6-7-18)22-10-11-23-19(5-4-12-25(22,23)3)8-9-20-14-21(26)15-24(27)17(20)2/h8-9,13,16,21-24,26-27H,2,4-7,10-12,14-15H2,1,3H3/b19-8+,20-9-/t16-,21-,22-,23+,24+,25-/m1/s1. The van der Waals surface area contributed by atoms with Gasteiger partial charge in [0.1, 0.15) is 0 Å². The maximum atomic E-state index is 10.1. The predicted molar refractivity (Wildman–Crippen MR) is 111 cm³/mol. The fraction of sp³-hybridized carbons (Fsp3) is 0.680. The Kier molecular flexibility index (Phi) is 5.24. The Morgan fingerprint density at radius 1 is 1.15 bits per heavy atom. The molecular formula is C25H36O2. The van der Waals surface area contributed by atoms with Crippen molar-refractivity contribution in [2.24, 2.45) is 23.2 Å². The zero-order chi connectivity index (χ0) is 19.2. The molecule has 6 atom stereocenters. The Morgan fingerprint density at radius 2 is 1.93 bits per heavy atom. The lowest BCUT2D eigenvalue weighted by molar-refractivity contribution is 0.0862. The Hall–Kier alpha value is -1.12. The maximum absolute atomic E-state index is 10.1. The molecule has 0 unspecified atom stereocenters. The molecule has 0 spiro atoms. The van der Waals surface area contributed by atoms with Crippen LogP contribution in [0.1, 0.15) is 71.6 Å². The highest BCUT2D eigenvalue weighted by molar-refractivity contribution is 5.38. The average Bonchev–Trinajstić information content (AvgIpc) is 3.35. The second-order valence-electron chi connectivity index (χ2n) is 9.85. The molecule has 2 N–H and O–H groups in total. The van der Waals surface area contributed by atoms with E-state index in [4.69, 9.17) is 0 Å². The van der Waals surface area contributed by atoms with Crippen LogP contribution in [0.15, 0.2) is 47.1 Å². The first-order valence-electron chi connectivity index (χ1n) is 11.0. The predicted octanol–water partition coefficient (Wildman–Crippen LogP) is 5.48. The second-order valence-corrected chi connectivity index (χ2v) is 9.85.